The van der Waals surface area contributed by atoms with E-state index >= 15 is 0 Å². The van der Waals surface area contributed by atoms with Crippen LogP contribution >= 0.6 is 23.1 Å². The highest BCUT2D eigenvalue weighted by Crippen LogP contribution is 2.44. The van der Waals surface area contributed by atoms with E-state index in [9.17, 15) is 0 Å². The Kier molecular flexibility index (Phi) is 4.73. The Balaban J connectivity index is 2.01. The molecule has 1 aliphatic carbocycles. The van der Waals surface area contributed by atoms with Crippen LogP contribution < -0.4 is 5.73 Å². The minimum absolute atomic E-state index is 0.336. The largest absolute Gasteiger partial charge is 0.327 e. The van der Waals surface area contributed by atoms with Crippen LogP contribution in [0, 0.1) is 11.3 Å². The summed E-state index contributed by atoms with van der Waals surface area (Å²) in [6.45, 7) is 7.11. The topological polar surface area (TPSA) is 38.9 Å². The van der Waals surface area contributed by atoms with Crippen LogP contribution in [0.3, 0.4) is 0 Å². The van der Waals surface area contributed by atoms with Gasteiger partial charge in [0, 0.05) is 22.9 Å². The average molecular weight is 284 g/mol. The summed E-state index contributed by atoms with van der Waals surface area (Å²) in [5.74, 6) is 0.805. The third-order valence-electron chi connectivity index (χ3n) is 4.52. The smallest absolute Gasteiger partial charge is 0.150 e. The number of hydrogen-bond donors (Lipinski definition) is 1. The maximum atomic E-state index is 6.30. The van der Waals surface area contributed by atoms with Gasteiger partial charge < -0.3 is 5.73 Å². The van der Waals surface area contributed by atoms with Gasteiger partial charge in [-0.2, -0.15) is 0 Å². The monoisotopic (exact) mass is 284 g/mol. The lowest BCUT2D eigenvalue weighted by Gasteiger charge is -2.41. The van der Waals surface area contributed by atoms with Gasteiger partial charge in [0.05, 0.1) is 0 Å². The number of hydrogen-bond acceptors (Lipinski definition) is 4. The van der Waals surface area contributed by atoms with Crippen molar-refractivity contribution in [3.63, 3.8) is 0 Å². The van der Waals surface area contributed by atoms with Crippen molar-refractivity contribution in [2.24, 2.45) is 17.1 Å². The standard InChI is InChI=1S/C14H24N2S2/c1-4-14(2,3)10-5-6-11(15)12(9-10)18-13-16-7-8-17-13/h7-8,10-12H,4-6,9,15H2,1-3H3. The molecule has 2 N–H and O–H groups in total. The fourth-order valence-corrected chi connectivity index (χ4v) is 4.82. The van der Waals surface area contributed by atoms with Crippen molar-refractivity contribution in [2.75, 3.05) is 0 Å². The van der Waals surface area contributed by atoms with Crippen molar-refractivity contribution < 1.29 is 0 Å². The summed E-state index contributed by atoms with van der Waals surface area (Å²) >= 11 is 3.62. The Bertz CT molecular complexity index is 362. The molecule has 1 saturated carbocycles. The number of nitrogens with zero attached hydrogens (tertiary/aromatic N) is 1. The molecule has 18 heavy (non-hydrogen) atoms. The first-order chi connectivity index (χ1) is 8.53. The molecule has 0 radical (unpaired) electrons. The first-order valence-corrected chi connectivity index (χ1v) is 8.60. The van der Waals surface area contributed by atoms with Gasteiger partial charge in [0.25, 0.3) is 0 Å². The summed E-state index contributed by atoms with van der Waals surface area (Å²) in [6, 6.07) is 0.336. The SMILES string of the molecule is CCC(C)(C)C1CCC(N)C(Sc2nccs2)C1. The summed E-state index contributed by atoms with van der Waals surface area (Å²) in [6.07, 6.45) is 6.83. The number of rotatable bonds is 4. The molecule has 2 nitrogen and oxygen atoms in total. The Hall–Kier alpha value is -0.0600. The fourth-order valence-electron chi connectivity index (χ4n) is 2.68. The maximum absolute atomic E-state index is 6.30. The number of thiazole rings is 1. The van der Waals surface area contributed by atoms with Crippen LogP contribution in [-0.4, -0.2) is 16.3 Å². The van der Waals surface area contributed by atoms with Gasteiger partial charge in [-0.1, -0.05) is 39.0 Å². The zero-order valence-corrected chi connectivity index (χ0v) is 13.2. The summed E-state index contributed by atoms with van der Waals surface area (Å²) in [7, 11) is 0. The van der Waals surface area contributed by atoms with Gasteiger partial charge in [-0.05, 0) is 30.6 Å². The molecular weight excluding hydrogens is 260 g/mol. The second kappa shape index (κ2) is 5.93. The van der Waals surface area contributed by atoms with E-state index in [-0.39, 0.29) is 0 Å². The molecule has 3 unspecified atom stereocenters. The van der Waals surface area contributed by atoms with Gasteiger partial charge in [0.2, 0.25) is 0 Å². The van der Waals surface area contributed by atoms with Crippen molar-refractivity contribution in [3.8, 4) is 0 Å². The van der Waals surface area contributed by atoms with Crippen molar-refractivity contribution in [2.45, 2.75) is 62.1 Å². The van der Waals surface area contributed by atoms with Gasteiger partial charge in [-0.3, -0.25) is 0 Å². The third-order valence-corrected chi connectivity index (χ3v) is 6.82. The molecule has 0 bridgehead atoms. The Morgan fingerprint density at radius 1 is 1.50 bits per heavy atom. The molecule has 1 heterocycles. The molecule has 1 aromatic heterocycles. The van der Waals surface area contributed by atoms with Crippen molar-refractivity contribution in [3.05, 3.63) is 11.6 Å². The predicted molar refractivity (Wildman–Crippen MR) is 81.1 cm³/mol. The molecule has 1 aliphatic rings. The Morgan fingerprint density at radius 3 is 2.89 bits per heavy atom. The van der Waals surface area contributed by atoms with E-state index in [1.165, 1.54) is 23.6 Å². The highest BCUT2D eigenvalue weighted by molar-refractivity contribution is 8.01. The van der Waals surface area contributed by atoms with E-state index in [2.05, 4.69) is 25.8 Å². The lowest BCUT2D eigenvalue weighted by molar-refractivity contribution is 0.148. The van der Waals surface area contributed by atoms with Crippen LogP contribution in [0.1, 0.15) is 46.5 Å². The van der Waals surface area contributed by atoms with Gasteiger partial charge in [-0.25, -0.2) is 4.98 Å². The number of thioether (sulfide) groups is 1. The van der Waals surface area contributed by atoms with Crippen LogP contribution in [0.5, 0.6) is 0 Å². The molecule has 4 heteroatoms. The second-order valence-corrected chi connectivity index (χ2v) is 8.35. The molecule has 0 aromatic carbocycles. The van der Waals surface area contributed by atoms with E-state index in [0.717, 1.165) is 12.3 Å². The molecule has 2 rings (SSSR count). The normalized spacial score (nSPS) is 29.4. The third kappa shape index (κ3) is 3.28. The fraction of sp³-hybridized carbons (Fsp3) is 0.786. The molecule has 102 valence electrons. The molecule has 0 saturated heterocycles. The second-order valence-electron chi connectivity index (χ2n) is 5.97. The van der Waals surface area contributed by atoms with Gasteiger partial charge in [0.15, 0.2) is 0 Å². The first-order valence-electron chi connectivity index (χ1n) is 6.84. The van der Waals surface area contributed by atoms with Gasteiger partial charge in [0.1, 0.15) is 4.34 Å². The quantitative estimate of drug-likeness (QED) is 0.902. The minimum atomic E-state index is 0.336. The van der Waals surface area contributed by atoms with Crippen molar-refractivity contribution in [1.82, 2.24) is 4.98 Å². The molecule has 0 spiro atoms. The maximum Gasteiger partial charge on any atom is 0.150 e. The van der Waals surface area contributed by atoms with E-state index in [1.807, 2.05) is 23.3 Å². The lowest BCUT2D eigenvalue weighted by Crippen LogP contribution is -2.42. The summed E-state index contributed by atoms with van der Waals surface area (Å²) in [5, 5.41) is 2.59. The van der Waals surface area contributed by atoms with E-state index in [1.54, 1.807) is 11.3 Å². The van der Waals surface area contributed by atoms with Crippen molar-refractivity contribution in [1.29, 1.82) is 0 Å². The summed E-state index contributed by atoms with van der Waals surface area (Å²) in [5.41, 5.74) is 6.74. The molecule has 0 amide bonds. The van der Waals surface area contributed by atoms with Crippen LogP contribution in [-0.2, 0) is 0 Å². The Labute approximate surface area is 119 Å². The zero-order valence-electron chi connectivity index (χ0n) is 11.6. The number of aromatic nitrogens is 1. The average Bonchev–Trinajstić information content (AvgIpc) is 2.84. The van der Waals surface area contributed by atoms with Gasteiger partial charge in [-0.15, -0.1) is 11.3 Å². The van der Waals surface area contributed by atoms with E-state index in [0.29, 0.717) is 16.7 Å². The lowest BCUT2D eigenvalue weighted by atomic mass is 9.69. The van der Waals surface area contributed by atoms with Gasteiger partial charge >= 0.3 is 0 Å². The Morgan fingerprint density at radius 2 is 2.28 bits per heavy atom. The molecule has 1 fully saturated rings. The van der Waals surface area contributed by atoms with Crippen LogP contribution in [0.15, 0.2) is 15.9 Å². The number of nitrogens with two attached hydrogens (primary N) is 1. The van der Waals surface area contributed by atoms with Crippen LogP contribution in [0.4, 0.5) is 0 Å². The first kappa shape index (κ1) is 14.4. The van der Waals surface area contributed by atoms with E-state index < -0.39 is 0 Å². The molecule has 1 aromatic rings. The molecule has 0 aliphatic heterocycles. The van der Waals surface area contributed by atoms with Crippen LogP contribution in [0.2, 0.25) is 0 Å². The van der Waals surface area contributed by atoms with Crippen molar-refractivity contribution >= 4 is 23.1 Å². The predicted octanol–water partition coefficient (Wildman–Crippen LogP) is 4.17. The molecule has 3 atom stereocenters. The minimum Gasteiger partial charge on any atom is -0.327 e. The summed E-state index contributed by atoms with van der Waals surface area (Å²) < 4.78 is 1.17. The zero-order chi connectivity index (χ0) is 13.2. The van der Waals surface area contributed by atoms with Crippen LogP contribution in [0.25, 0.3) is 0 Å². The highest BCUT2D eigenvalue weighted by atomic mass is 32.2. The van der Waals surface area contributed by atoms with E-state index in [4.69, 9.17) is 5.73 Å². The molecular formula is C14H24N2S2. The highest BCUT2D eigenvalue weighted by Gasteiger charge is 2.36. The summed E-state index contributed by atoms with van der Waals surface area (Å²) in [4.78, 5) is 4.38.